The fourth-order valence-corrected chi connectivity index (χ4v) is 1.72. The van der Waals surface area contributed by atoms with E-state index in [1.165, 1.54) is 25.1 Å². The highest BCUT2D eigenvalue weighted by Crippen LogP contribution is 2.16. The normalized spacial score (nSPS) is 11.3. The molecule has 2 aromatic rings. The number of ether oxygens (including phenoxy) is 2. The number of esters is 1. The Morgan fingerprint density at radius 3 is 2.68 bits per heavy atom. The maximum atomic E-state index is 12.8. The first kappa shape index (κ1) is 15.5. The molecule has 4 nitrogen and oxygen atoms in total. The Labute approximate surface area is 127 Å². The standard InChI is InChI=1S/C17H14FNO3/c1-12(10-19)22-17(20)14-3-2-4-16(9-14)21-11-13-5-7-15(18)8-6-13/h2-9,12H,11H2,1H3. The highest BCUT2D eigenvalue weighted by Gasteiger charge is 2.12. The summed E-state index contributed by atoms with van der Waals surface area (Å²) >= 11 is 0. The number of nitriles is 1. The largest absolute Gasteiger partial charge is 0.489 e. The maximum absolute atomic E-state index is 12.8. The van der Waals surface area contributed by atoms with E-state index in [4.69, 9.17) is 14.7 Å². The van der Waals surface area contributed by atoms with Crippen LogP contribution in [0.3, 0.4) is 0 Å². The first-order valence-corrected chi connectivity index (χ1v) is 6.66. The number of rotatable bonds is 5. The molecule has 0 heterocycles. The molecule has 2 aromatic carbocycles. The third-order valence-electron chi connectivity index (χ3n) is 2.85. The molecule has 1 atom stereocenters. The van der Waals surface area contributed by atoms with Crippen molar-refractivity contribution in [1.29, 1.82) is 5.26 Å². The number of halogens is 1. The number of hydrogen-bond donors (Lipinski definition) is 0. The van der Waals surface area contributed by atoms with Gasteiger partial charge in [-0.2, -0.15) is 5.26 Å². The minimum absolute atomic E-state index is 0.257. The van der Waals surface area contributed by atoms with Crippen LogP contribution >= 0.6 is 0 Å². The van der Waals surface area contributed by atoms with Crippen LogP contribution < -0.4 is 4.74 Å². The quantitative estimate of drug-likeness (QED) is 0.793. The summed E-state index contributed by atoms with van der Waals surface area (Å²) in [5, 5.41) is 8.64. The molecule has 0 spiro atoms. The molecular weight excluding hydrogens is 285 g/mol. The van der Waals surface area contributed by atoms with Crippen molar-refractivity contribution in [3.63, 3.8) is 0 Å². The van der Waals surface area contributed by atoms with Gasteiger partial charge < -0.3 is 9.47 Å². The molecule has 112 valence electrons. The Hall–Kier alpha value is -2.87. The van der Waals surface area contributed by atoms with Gasteiger partial charge in [-0.05, 0) is 42.8 Å². The van der Waals surface area contributed by atoms with Gasteiger partial charge in [-0.3, -0.25) is 0 Å². The molecule has 0 saturated carbocycles. The van der Waals surface area contributed by atoms with Crippen LogP contribution in [-0.4, -0.2) is 12.1 Å². The van der Waals surface area contributed by atoms with Gasteiger partial charge in [-0.15, -0.1) is 0 Å². The van der Waals surface area contributed by atoms with E-state index >= 15 is 0 Å². The number of carbonyl (C=O) groups excluding carboxylic acids is 1. The molecule has 0 fully saturated rings. The minimum Gasteiger partial charge on any atom is -0.489 e. The smallest absolute Gasteiger partial charge is 0.339 e. The third kappa shape index (κ3) is 4.32. The highest BCUT2D eigenvalue weighted by molar-refractivity contribution is 5.90. The van der Waals surface area contributed by atoms with Crippen LogP contribution in [0.5, 0.6) is 5.75 Å². The van der Waals surface area contributed by atoms with Gasteiger partial charge >= 0.3 is 5.97 Å². The summed E-state index contributed by atoms with van der Waals surface area (Å²) in [6.07, 6.45) is -0.809. The van der Waals surface area contributed by atoms with E-state index in [1.807, 2.05) is 6.07 Å². The lowest BCUT2D eigenvalue weighted by molar-refractivity contribution is 0.0435. The van der Waals surface area contributed by atoms with Crippen molar-refractivity contribution >= 4 is 5.97 Å². The van der Waals surface area contributed by atoms with Crippen LogP contribution in [-0.2, 0) is 11.3 Å². The van der Waals surface area contributed by atoms with Crippen LogP contribution in [0, 0.1) is 17.1 Å². The van der Waals surface area contributed by atoms with Gasteiger partial charge in [0.05, 0.1) is 5.56 Å². The van der Waals surface area contributed by atoms with Crippen molar-refractivity contribution in [3.8, 4) is 11.8 Å². The molecule has 0 aliphatic rings. The van der Waals surface area contributed by atoms with E-state index < -0.39 is 12.1 Å². The van der Waals surface area contributed by atoms with E-state index in [9.17, 15) is 9.18 Å². The van der Waals surface area contributed by atoms with Gasteiger partial charge in [0.25, 0.3) is 0 Å². The fourth-order valence-electron chi connectivity index (χ4n) is 1.72. The van der Waals surface area contributed by atoms with E-state index in [0.29, 0.717) is 11.3 Å². The molecule has 0 N–H and O–H groups in total. The summed E-state index contributed by atoms with van der Waals surface area (Å²) < 4.78 is 23.3. The topological polar surface area (TPSA) is 59.3 Å². The van der Waals surface area contributed by atoms with E-state index in [0.717, 1.165) is 5.56 Å². The predicted octanol–water partition coefficient (Wildman–Crippen LogP) is 3.47. The number of hydrogen-bond acceptors (Lipinski definition) is 4. The zero-order valence-electron chi connectivity index (χ0n) is 12.0. The molecule has 2 rings (SSSR count). The van der Waals surface area contributed by atoms with Crippen molar-refractivity contribution in [3.05, 3.63) is 65.5 Å². The van der Waals surface area contributed by atoms with E-state index in [1.54, 1.807) is 30.3 Å². The lowest BCUT2D eigenvalue weighted by Gasteiger charge is -2.09. The van der Waals surface area contributed by atoms with Crippen molar-refractivity contribution < 1.29 is 18.7 Å². The van der Waals surface area contributed by atoms with Crippen LogP contribution in [0.4, 0.5) is 4.39 Å². The first-order chi connectivity index (χ1) is 10.6. The summed E-state index contributed by atoms with van der Waals surface area (Å²) in [7, 11) is 0. The van der Waals surface area contributed by atoms with Crippen molar-refractivity contribution in [1.82, 2.24) is 0 Å². The van der Waals surface area contributed by atoms with Crippen LogP contribution in [0.15, 0.2) is 48.5 Å². The Morgan fingerprint density at radius 2 is 2.00 bits per heavy atom. The predicted molar refractivity (Wildman–Crippen MR) is 77.7 cm³/mol. The average Bonchev–Trinajstić information content (AvgIpc) is 2.54. The zero-order valence-corrected chi connectivity index (χ0v) is 12.0. The fraction of sp³-hybridized carbons (Fsp3) is 0.176. The molecule has 0 saturated heterocycles. The van der Waals surface area contributed by atoms with Gasteiger partial charge in [0.15, 0.2) is 6.10 Å². The first-order valence-electron chi connectivity index (χ1n) is 6.66. The van der Waals surface area contributed by atoms with Crippen molar-refractivity contribution in [2.45, 2.75) is 19.6 Å². The minimum atomic E-state index is -0.809. The van der Waals surface area contributed by atoms with E-state index in [-0.39, 0.29) is 12.4 Å². The number of nitrogens with zero attached hydrogens (tertiary/aromatic N) is 1. The molecule has 22 heavy (non-hydrogen) atoms. The summed E-state index contributed by atoms with van der Waals surface area (Å²) in [5.74, 6) is -0.398. The Balaban J connectivity index is 2.01. The summed E-state index contributed by atoms with van der Waals surface area (Å²) in [5.41, 5.74) is 1.12. The molecule has 0 amide bonds. The zero-order chi connectivity index (χ0) is 15.9. The summed E-state index contributed by atoms with van der Waals surface area (Å²) in [6, 6.07) is 14.3. The molecule has 5 heteroatoms. The molecular formula is C17H14FNO3. The Kier molecular flexibility index (Phi) is 5.10. The summed E-state index contributed by atoms with van der Waals surface area (Å²) in [6.45, 7) is 1.75. The maximum Gasteiger partial charge on any atom is 0.339 e. The molecule has 0 aliphatic heterocycles. The van der Waals surface area contributed by atoms with Gasteiger partial charge in [0.2, 0.25) is 0 Å². The van der Waals surface area contributed by atoms with Gasteiger partial charge in [-0.25, -0.2) is 9.18 Å². The lowest BCUT2D eigenvalue weighted by atomic mass is 10.2. The SMILES string of the molecule is CC(C#N)OC(=O)c1cccc(OCc2ccc(F)cc2)c1. The van der Waals surface area contributed by atoms with Crippen LogP contribution in [0.2, 0.25) is 0 Å². The number of benzene rings is 2. The van der Waals surface area contributed by atoms with E-state index in [2.05, 4.69) is 0 Å². The second kappa shape index (κ2) is 7.23. The lowest BCUT2D eigenvalue weighted by Crippen LogP contribution is -2.13. The van der Waals surface area contributed by atoms with Crippen molar-refractivity contribution in [2.24, 2.45) is 0 Å². The van der Waals surface area contributed by atoms with Gasteiger partial charge in [0, 0.05) is 0 Å². The van der Waals surface area contributed by atoms with Gasteiger partial charge in [0.1, 0.15) is 24.2 Å². The average molecular weight is 299 g/mol. The molecule has 0 aliphatic carbocycles. The Morgan fingerprint density at radius 1 is 1.27 bits per heavy atom. The third-order valence-corrected chi connectivity index (χ3v) is 2.85. The second-order valence-corrected chi connectivity index (χ2v) is 4.62. The Bertz CT molecular complexity index is 692. The summed E-state index contributed by atoms with van der Waals surface area (Å²) in [4.78, 5) is 11.8. The molecule has 1 unspecified atom stereocenters. The monoisotopic (exact) mass is 299 g/mol. The second-order valence-electron chi connectivity index (χ2n) is 4.62. The molecule has 0 aromatic heterocycles. The van der Waals surface area contributed by atoms with Crippen LogP contribution in [0.1, 0.15) is 22.8 Å². The number of carbonyl (C=O) groups is 1. The molecule has 0 radical (unpaired) electrons. The molecule has 0 bridgehead atoms. The van der Waals surface area contributed by atoms with Crippen molar-refractivity contribution in [2.75, 3.05) is 0 Å². The van der Waals surface area contributed by atoms with Gasteiger partial charge in [-0.1, -0.05) is 18.2 Å². The highest BCUT2D eigenvalue weighted by atomic mass is 19.1. The van der Waals surface area contributed by atoms with Crippen LogP contribution in [0.25, 0.3) is 0 Å².